The summed E-state index contributed by atoms with van der Waals surface area (Å²) in [6, 6.07) is 10.2. The number of amides is 1. The lowest BCUT2D eigenvalue weighted by Crippen LogP contribution is -2.22. The molecule has 2 aromatic carbocycles. The molecule has 1 N–H and O–H groups in total. The number of aryl methyl sites for hydroxylation is 2. The Hall–Kier alpha value is -2.58. The second-order valence-electron chi connectivity index (χ2n) is 6.62. The maximum Gasteiger partial charge on any atom is 0.242 e. The molecule has 7 nitrogen and oxygen atoms in total. The first-order valence-electron chi connectivity index (χ1n) is 8.75. The van der Waals surface area contributed by atoms with Gasteiger partial charge in [0.2, 0.25) is 15.9 Å². The van der Waals surface area contributed by atoms with Crippen LogP contribution < -0.4 is 14.8 Å². The van der Waals surface area contributed by atoms with Gasteiger partial charge in [-0.1, -0.05) is 6.07 Å². The SMILES string of the molecule is COc1ccc(S(=O)(=O)N(C)C)cc1NC(=O)CCOc1cc(C)cc(C)c1. The Balaban J connectivity index is 2.06. The lowest BCUT2D eigenvalue weighted by Gasteiger charge is -2.15. The van der Waals surface area contributed by atoms with Crippen molar-refractivity contribution in [3.63, 3.8) is 0 Å². The summed E-state index contributed by atoms with van der Waals surface area (Å²) in [5, 5.41) is 2.70. The number of sulfonamides is 1. The number of carbonyl (C=O) groups excluding carboxylic acids is 1. The average molecular weight is 407 g/mol. The second kappa shape index (κ2) is 9.07. The number of carbonyl (C=O) groups is 1. The number of rotatable bonds is 8. The molecule has 0 fully saturated rings. The van der Waals surface area contributed by atoms with Gasteiger partial charge in [-0.15, -0.1) is 0 Å². The molecule has 0 heterocycles. The quantitative estimate of drug-likeness (QED) is 0.729. The van der Waals surface area contributed by atoms with Gasteiger partial charge in [0.25, 0.3) is 0 Å². The van der Waals surface area contributed by atoms with Crippen LogP contribution >= 0.6 is 0 Å². The fraction of sp³-hybridized carbons (Fsp3) is 0.350. The van der Waals surface area contributed by atoms with Crippen LogP contribution in [-0.2, 0) is 14.8 Å². The zero-order valence-corrected chi connectivity index (χ0v) is 17.6. The Morgan fingerprint density at radius 1 is 1.07 bits per heavy atom. The highest BCUT2D eigenvalue weighted by Gasteiger charge is 2.19. The zero-order valence-electron chi connectivity index (χ0n) is 16.8. The van der Waals surface area contributed by atoms with Crippen LogP contribution in [0.1, 0.15) is 17.5 Å². The van der Waals surface area contributed by atoms with Crippen molar-refractivity contribution in [2.24, 2.45) is 0 Å². The minimum Gasteiger partial charge on any atom is -0.495 e. The van der Waals surface area contributed by atoms with E-state index in [0.29, 0.717) is 17.2 Å². The minimum absolute atomic E-state index is 0.0695. The van der Waals surface area contributed by atoms with Crippen molar-refractivity contribution in [3.05, 3.63) is 47.5 Å². The van der Waals surface area contributed by atoms with E-state index in [1.165, 1.54) is 39.4 Å². The Bertz CT molecular complexity index is 935. The van der Waals surface area contributed by atoms with Crippen molar-refractivity contribution in [2.45, 2.75) is 25.2 Å². The van der Waals surface area contributed by atoms with E-state index >= 15 is 0 Å². The molecule has 0 radical (unpaired) electrons. The number of hydrogen-bond donors (Lipinski definition) is 1. The largest absolute Gasteiger partial charge is 0.495 e. The Kier molecular flexibility index (Phi) is 7.04. The predicted molar refractivity (Wildman–Crippen MR) is 109 cm³/mol. The predicted octanol–water partition coefficient (Wildman–Crippen LogP) is 2.97. The molecule has 0 aromatic heterocycles. The van der Waals surface area contributed by atoms with Crippen LogP contribution in [0.25, 0.3) is 0 Å². The number of benzene rings is 2. The highest BCUT2D eigenvalue weighted by molar-refractivity contribution is 7.89. The molecule has 0 aliphatic rings. The summed E-state index contributed by atoms with van der Waals surface area (Å²) in [7, 11) is 0.726. The number of hydrogen-bond acceptors (Lipinski definition) is 5. The standard InChI is InChI=1S/C20H26N2O5S/c1-14-10-15(2)12-16(11-14)27-9-8-20(23)21-18-13-17(6-7-19(18)26-5)28(24,25)22(3)4/h6-7,10-13H,8-9H2,1-5H3,(H,21,23). The van der Waals surface area contributed by atoms with Crippen molar-refractivity contribution in [1.82, 2.24) is 4.31 Å². The van der Waals surface area contributed by atoms with Gasteiger partial charge >= 0.3 is 0 Å². The molecule has 1 amide bonds. The maximum atomic E-state index is 12.3. The topological polar surface area (TPSA) is 84.9 Å². The second-order valence-corrected chi connectivity index (χ2v) is 8.77. The van der Waals surface area contributed by atoms with Crippen LogP contribution in [0.4, 0.5) is 5.69 Å². The lowest BCUT2D eigenvalue weighted by molar-refractivity contribution is -0.116. The third-order valence-corrected chi connectivity index (χ3v) is 5.83. The van der Waals surface area contributed by atoms with Gasteiger partial charge in [0, 0.05) is 14.1 Å². The van der Waals surface area contributed by atoms with Gasteiger partial charge in [0.1, 0.15) is 11.5 Å². The molecule has 28 heavy (non-hydrogen) atoms. The van der Waals surface area contributed by atoms with Crippen LogP contribution in [-0.4, -0.2) is 46.4 Å². The Morgan fingerprint density at radius 3 is 2.29 bits per heavy atom. The van der Waals surface area contributed by atoms with Crippen LogP contribution in [0.2, 0.25) is 0 Å². The van der Waals surface area contributed by atoms with Gasteiger partial charge < -0.3 is 14.8 Å². The van der Waals surface area contributed by atoms with Crippen molar-refractivity contribution in [1.29, 1.82) is 0 Å². The third kappa shape index (κ3) is 5.46. The molecule has 0 saturated heterocycles. The van der Waals surface area contributed by atoms with E-state index < -0.39 is 10.0 Å². The molecule has 0 unspecified atom stereocenters. The highest BCUT2D eigenvalue weighted by Crippen LogP contribution is 2.28. The molecule has 8 heteroatoms. The highest BCUT2D eigenvalue weighted by atomic mass is 32.2. The lowest BCUT2D eigenvalue weighted by atomic mass is 10.1. The van der Waals surface area contributed by atoms with Gasteiger partial charge in [-0.3, -0.25) is 4.79 Å². The molecule has 152 valence electrons. The van der Waals surface area contributed by atoms with Crippen LogP contribution in [0, 0.1) is 13.8 Å². The monoisotopic (exact) mass is 406 g/mol. The summed E-state index contributed by atoms with van der Waals surface area (Å²) in [5.41, 5.74) is 2.47. The summed E-state index contributed by atoms with van der Waals surface area (Å²) < 4.78 is 36.6. The van der Waals surface area contributed by atoms with Crippen molar-refractivity contribution in [3.8, 4) is 11.5 Å². The van der Waals surface area contributed by atoms with E-state index in [9.17, 15) is 13.2 Å². The van der Waals surface area contributed by atoms with Crippen LogP contribution in [0.3, 0.4) is 0 Å². The Labute approximate surface area is 166 Å². The first-order chi connectivity index (χ1) is 13.1. The van der Waals surface area contributed by atoms with Gasteiger partial charge in [0.05, 0.1) is 30.7 Å². The van der Waals surface area contributed by atoms with E-state index in [1.807, 2.05) is 32.0 Å². The van der Waals surface area contributed by atoms with E-state index in [1.54, 1.807) is 0 Å². The number of nitrogens with zero attached hydrogens (tertiary/aromatic N) is 1. The van der Waals surface area contributed by atoms with Crippen molar-refractivity contribution >= 4 is 21.6 Å². The maximum absolute atomic E-state index is 12.3. The fourth-order valence-corrected chi connectivity index (χ4v) is 3.57. The molecule has 2 rings (SSSR count). The van der Waals surface area contributed by atoms with Gasteiger partial charge in [0.15, 0.2) is 0 Å². The van der Waals surface area contributed by atoms with Crippen molar-refractivity contribution in [2.75, 3.05) is 33.1 Å². The fourth-order valence-electron chi connectivity index (χ4n) is 2.65. The molecule has 0 aliphatic carbocycles. The molecular formula is C20H26N2O5S. The first kappa shape index (κ1) is 21.7. The van der Waals surface area contributed by atoms with Crippen LogP contribution in [0.15, 0.2) is 41.3 Å². The van der Waals surface area contributed by atoms with E-state index in [2.05, 4.69) is 5.32 Å². The summed E-state index contributed by atoms with van der Waals surface area (Å²) in [6.07, 6.45) is 0.112. The Morgan fingerprint density at radius 2 is 1.71 bits per heavy atom. The number of anilines is 1. The van der Waals surface area contributed by atoms with E-state index in [-0.39, 0.29) is 23.8 Å². The normalized spacial score (nSPS) is 11.4. The number of nitrogens with one attached hydrogen (secondary N) is 1. The summed E-state index contributed by atoms with van der Waals surface area (Å²) >= 11 is 0. The van der Waals surface area contributed by atoms with E-state index in [0.717, 1.165) is 15.4 Å². The zero-order chi connectivity index (χ0) is 20.9. The molecule has 0 saturated carbocycles. The van der Waals surface area contributed by atoms with E-state index in [4.69, 9.17) is 9.47 Å². The molecule has 0 spiro atoms. The number of methoxy groups -OCH3 is 1. The van der Waals surface area contributed by atoms with Gasteiger partial charge in [-0.2, -0.15) is 0 Å². The van der Waals surface area contributed by atoms with Gasteiger partial charge in [-0.05, 0) is 55.3 Å². The smallest absolute Gasteiger partial charge is 0.242 e. The summed E-state index contributed by atoms with van der Waals surface area (Å²) in [6.45, 7) is 4.16. The number of ether oxygens (including phenoxy) is 2. The molecule has 0 atom stereocenters. The first-order valence-corrected chi connectivity index (χ1v) is 10.2. The summed E-state index contributed by atoms with van der Waals surface area (Å²) in [4.78, 5) is 12.4. The third-order valence-electron chi connectivity index (χ3n) is 4.02. The molecule has 0 bridgehead atoms. The summed E-state index contributed by atoms with van der Waals surface area (Å²) in [5.74, 6) is 0.783. The average Bonchev–Trinajstić information content (AvgIpc) is 2.60. The van der Waals surface area contributed by atoms with Crippen LogP contribution in [0.5, 0.6) is 11.5 Å². The van der Waals surface area contributed by atoms with Crippen molar-refractivity contribution < 1.29 is 22.7 Å². The molecule has 2 aromatic rings. The minimum atomic E-state index is -3.62. The molecule has 0 aliphatic heterocycles. The molecular weight excluding hydrogens is 380 g/mol. The van der Waals surface area contributed by atoms with Gasteiger partial charge in [-0.25, -0.2) is 12.7 Å².